The molecule has 0 saturated carbocycles. The summed E-state index contributed by atoms with van der Waals surface area (Å²) in [5, 5.41) is 8.98. The second-order valence-corrected chi connectivity index (χ2v) is 11.9. The Morgan fingerprint density at radius 2 is 1.88 bits per heavy atom. The van der Waals surface area contributed by atoms with Gasteiger partial charge in [0.1, 0.15) is 16.5 Å². The maximum Gasteiger partial charge on any atom is 0.285 e. The Kier molecular flexibility index (Phi) is 6.89. The molecule has 0 saturated heterocycles. The topological polar surface area (TPSA) is 136 Å². The number of aromatic nitrogens is 3. The van der Waals surface area contributed by atoms with Gasteiger partial charge in [0.25, 0.3) is 5.91 Å². The maximum atomic E-state index is 13.6. The van der Waals surface area contributed by atoms with Crippen molar-refractivity contribution in [1.29, 1.82) is 0 Å². The number of carbonyl (C=O) groups is 1. The number of amides is 1. The van der Waals surface area contributed by atoms with Crippen molar-refractivity contribution in [3.63, 3.8) is 0 Å². The molecule has 10 nitrogen and oxygen atoms in total. The van der Waals surface area contributed by atoms with Gasteiger partial charge in [-0.3, -0.25) is 14.3 Å². The molecule has 0 bridgehead atoms. The lowest BCUT2D eigenvalue weighted by Crippen LogP contribution is -2.31. The van der Waals surface area contributed by atoms with Crippen molar-refractivity contribution in [3.8, 4) is 11.3 Å². The van der Waals surface area contributed by atoms with E-state index in [0.29, 0.717) is 27.9 Å². The van der Waals surface area contributed by atoms with E-state index in [1.54, 1.807) is 17.7 Å². The molecule has 3 heterocycles. The highest BCUT2D eigenvalue weighted by Gasteiger charge is 2.22. The van der Waals surface area contributed by atoms with Crippen LogP contribution in [0.3, 0.4) is 0 Å². The highest BCUT2D eigenvalue weighted by Crippen LogP contribution is 2.33. The van der Waals surface area contributed by atoms with Crippen molar-refractivity contribution in [2.24, 2.45) is 7.05 Å². The predicted octanol–water partition coefficient (Wildman–Crippen LogP) is 4.87. The maximum absolute atomic E-state index is 13.6. The highest BCUT2D eigenvalue weighted by atomic mass is 35.5. The molecule has 1 amide bonds. The summed E-state index contributed by atoms with van der Waals surface area (Å²) in [4.78, 5) is 30.3. The highest BCUT2D eigenvalue weighted by molar-refractivity contribution is 7.89. The van der Waals surface area contributed by atoms with Gasteiger partial charge in [-0.1, -0.05) is 17.7 Å². The number of aryl methyl sites for hydroxylation is 2. The first-order valence-electron chi connectivity index (χ1n) is 12.3. The Morgan fingerprint density at radius 3 is 2.60 bits per heavy atom. The van der Waals surface area contributed by atoms with Crippen molar-refractivity contribution in [3.05, 3.63) is 86.4 Å². The van der Waals surface area contributed by atoms with E-state index < -0.39 is 22.0 Å². The zero-order valence-corrected chi connectivity index (χ0v) is 23.9. The second-order valence-electron chi connectivity index (χ2n) is 9.79. The number of nitrogens with one attached hydrogen (secondary N) is 2. The largest absolute Gasteiger partial charge is 0.455 e. The Bertz CT molecular complexity index is 2000. The fourth-order valence-electron chi connectivity index (χ4n) is 4.71. The molecule has 0 aliphatic heterocycles. The van der Waals surface area contributed by atoms with Crippen LogP contribution in [-0.2, 0) is 17.1 Å². The summed E-state index contributed by atoms with van der Waals surface area (Å²) in [7, 11) is -1.99. The van der Waals surface area contributed by atoms with Crippen LogP contribution in [0, 0.1) is 13.8 Å². The van der Waals surface area contributed by atoms with Crippen LogP contribution in [0.1, 0.15) is 40.1 Å². The molecule has 0 radical (unpaired) electrons. The van der Waals surface area contributed by atoms with Crippen molar-refractivity contribution in [2.45, 2.75) is 26.8 Å². The van der Waals surface area contributed by atoms with Gasteiger partial charge in [-0.25, -0.2) is 18.1 Å². The van der Waals surface area contributed by atoms with Gasteiger partial charge in [-0.05, 0) is 62.7 Å². The van der Waals surface area contributed by atoms with Crippen LogP contribution in [0.15, 0.2) is 57.9 Å². The van der Waals surface area contributed by atoms with E-state index in [1.165, 1.54) is 12.1 Å². The molecule has 5 rings (SSSR count). The molecule has 40 heavy (non-hydrogen) atoms. The fraction of sp³-hybridized carbons (Fsp3) is 0.214. The van der Waals surface area contributed by atoms with E-state index in [-0.39, 0.29) is 22.0 Å². The predicted molar refractivity (Wildman–Crippen MR) is 155 cm³/mol. The van der Waals surface area contributed by atoms with E-state index in [0.717, 1.165) is 28.3 Å². The lowest BCUT2D eigenvalue weighted by Gasteiger charge is -2.20. The average Bonchev–Trinajstić information content (AvgIpc) is 3.25. The number of sulfonamides is 1. The molecular formula is C28H26ClN5O5S. The number of hydrogen-bond acceptors (Lipinski definition) is 8. The Balaban J connectivity index is 1.62. The summed E-state index contributed by atoms with van der Waals surface area (Å²) in [6.45, 7) is 5.45. The van der Waals surface area contributed by atoms with Crippen molar-refractivity contribution >= 4 is 55.1 Å². The summed E-state index contributed by atoms with van der Waals surface area (Å²) in [6.07, 6.45) is 2.77. The third-order valence-corrected chi connectivity index (χ3v) is 7.23. The van der Waals surface area contributed by atoms with Crippen molar-refractivity contribution < 1.29 is 17.6 Å². The molecule has 1 atom stereocenters. The van der Waals surface area contributed by atoms with Crippen LogP contribution in [0.25, 0.3) is 33.2 Å². The number of hydrogen-bond donors (Lipinski definition) is 2. The summed E-state index contributed by atoms with van der Waals surface area (Å²) >= 11 is 6.01. The van der Waals surface area contributed by atoms with Crippen molar-refractivity contribution in [2.75, 3.05) is 11.6 Å². The normalized spacial score (nSPS) is 12.6. The van der Waals surface area contributed by atoms with Crippen LogP contribution in [-0.4, -0.2) is 35.3 Å². The number of rotatable bonds is 6. The van der Waals surface area contributed by atoms with Gasteiger partial charge in [0.2, 0.25) is 10.0 Å². The fourth-order valence-corrected chi connectivity index (χ4v) is 5.29. The zero-order valence-electron chi connectivity index (χ0n) is 22.4. The lowest BCUT2D eigenvalue weighted by molar-refractivity contribution is 0.0977. The molecule has 3 aromatic heterocycles. The molecule has 12 heteroatoms. The molecule has 206 valence electrons. The second kappa shape index (κ2) is 10.1. The minimum atomic E-state index is -3.83. The van der Waals surface area contributed by atoms with Crippen LogP contribution in [0.5, 0.6) is 0 Å². The molecular weight excluding hydrogens is 554 g/mol. The standard InChI is InChI=1S/C28H26ClN5O5S/c1-14-10-19(16(3)30-22-8-9-23(29)31-24(22)28(36)33-40(5,37)38)27-20(11-14)25(35)15(2)26(39-27)17-6-7-21-18(12-17)13-34(4)32-21/h6-13,16,30H,1-5H3,(H,33,36)/t16-/m1/s1. The average molecular weight is 580 g/mol. The summed E-state index contributed by atoms with van der Waals surface area (Å²) in [5.41, 5.74) is 3.87. The van der Waals surface area contributed by atoms with E-state index in [2.05, 4.69) is 15.4 Å². The first-order valence-corrected chi connectivity index (χ1v) is 14.5. The third kappa shape index (κ3) is 5.30. The number of benzene rings is 2. The SMILES string of the molecule is Cc1cc([C@@H](C)Nc2ccc(Cl)nc2C(=O)NS(C)(=O)=O)c2oc(-c3ccc4nn(C)cc4c3)c(C)c(=O)c2c1. The van der Waals surface area contributed by atoms with Gasteiger partial charge >= 0.3 is 0 Å². The van der Waals surface area contributed by atoms with E-state index >= 15 is 0 Å². The summed E-state index contributed by atoms with van der Waals surface area (Å²) < 4.78 is 33.4. The van der Waals surface area contributed by atoms with Gasteiger partial charge in [0.05, 0.1) is 28.9 Å². The van der Waals surface area contributed by atoms with Gasteiger partial charge in [0, 0.05) is 35.3 Å². The molecule has 0 unspecified atom stereocenters. The number of fused-ring (bicyclic) bond motifs is 2. The van der Waals surface area contributed by atoms with E-state index in [9.17, 15) is 18.0 Å². The van der Waals surface area contributed by atoms with Gasteiger partial charge in [-0.15, -0.1) is 0 Å². The van der Waals surface area contributed by atoms with Crippen LogP contribution in [0.2, 0.25) is 5.15 Å². The Hall–Kier alpha value is -4.22. The van der Waals surface area contributed by atoms with Crippen LogP contribution < -0.4 is 15.5 Å². The number of nitrogens with zero attached hydrogens (tertiary/aromatic N) is 3. The third-order valence-electron chi connectivity index (χ3n) is 6.47. The van der Waals surface area contributed by atoms with Gasteiger partial charge < -0.3 is 9.73 Å². The number of pyridine rings is 1. The molecule has 0 fully saturated rings. The summed E-state index contributed by atoms with van der Waals surface area (Å²) in [5.74, 6) is -0.481. The number of carbonyl (C=O) groups excluding carboxylic acids is 1. The first-order chi connectivity index (χ1) is 18.8. The van der Waals surface area contributed by atoms with Crippen LogP contribution >= 0.6 is 11.6 Å². The minimum absolute atomic E-state index is 0.0227. The van der Waals surface area contributed by atoms with Crippen LogP contribution in [0.4, 0.5) is 5.69 Å². The molecule has 0 spiro atoms. The number of anilines is 1. The van der Waals surface area contributed by atoms with Crippen molar-refractivity contribution in [1.82, 2.24) is 19.5 Å². The summed E-state index contributed by atoms with van der Waals surface area (Å²) in [6, 6.07) is 11.9. The smallest absolute Gasteiger partial charge is 0.285 e. The molecule has 2 N–H and O–H groups in total. The first kappa shape index (κ1) is 27.4. The number of halogens is 1. The lowest BCUT2D eigenvalue weighted by atomic mass is 9.98. The van der Waals surface area contributed by atoms with E-state index in [4.69, 9.17) is 16.0 Å². The molecule has 2 aromatic carbocycles. The quantitative estimate of drug-likeness (QED) is 0.272. The monoisotopic (exact) mass is 579 g/mol. The van der Waals surface area contributed by atoms with Gasteiger partial charge in [-0.2, -0.15) is 5.10 Å². The molecule has 0 aliphatic carbocycles. The Labute approximate surface area is 235 Å². The van der Waals surface area contributed by atoms with Gasteiger partial charge in [0.15, 0.2) is 11.1 Å². The molecule has 0 aliphatic rings. The zero-order chi connectivity index (χ0) is 28.9. The Morgan fingerprint density at radius 1 is 1.12 bits per heavy atom. The van der Waals surface area contributed by atoms with E-state index in [1.807, 2.05) is 56.1 Å². The minimum Gasteiger partial charge on any atom is -0.455 e. The molecule has 5 aromatic rings.